The normalized spacial score (nSPS) is 20.9. The highest BCUT2D eigenvalue weighted by Crippen LogP contribution is 2.25. The highest BCUT2D eigenvalue weighted by atomic mass is 19.1. The second kappa shape index (κ2) is 4.70. The second-order valence-electron chi connectivity index (χ2n) is 4.12. The summed E-state index contributed by atoms with van der Waals surface area (Å²) < 4.78 is 18.2. The molecule has 1 heterocycles. The fourth-order valence-electron chi connectivity index (χ4n) is 2.01. The molecular weight excluding hydrogens is 207 g/mol. The molecule has 1 N–H and O–H groups in total. The summed E-state index contributed by atoms with van der Waals surface area (Å²) in [5.74, 6) is -0.00174. The zero-order chi connectivity index (χ0) is 11.5. The molecule has 1 atom stereocenters. The topological polar surface area (TPSA) is 24.5 Å². The Balaban J connectivity index is 2.19. The maximum absolute atomic E-state index is 13.3. The highest BCUT2D eigenvalue weighted by molar-refractivity contribution is 5.51. The van der Waals surface area contributed by atoms with Crippen molar-refractivity contribution in [3.8, 4) is 5.75 Å². The smallest absolute Gasteiger partial charge is 0.165 e. The summed E-state index contributed by atoms with van der Waals surface area (Å²) in [6.45, 7) is 4.99. The van der Waals surface area contributed by atoms with Gasteiger partial charge >= 0.3 is 0 Å². The number of ether oxygens (including phenoxy) is 1. The van der Waals surface area contributed by atoms with E-state index in [4.69, 9.17) is 4.74 Å². The fourth-order valence-corrected chi connectivity index (χ4v) is 2.01. The van der Waals surface area contributed by atoms with Gasteiger partial charge in [0, 0.05) is 37.4 Å². The van der Waals surface area contributed by atoms with E-state index in [1.165, 1.54) is 13.2 Å². The third kappa shape index (κ3) is 2.27. The summed E-state index contributed by atoms with van der Waals surface area (Å²) in [6.07, 6.45) is 0. The van der Waals surface area contributed by atoms with Crippen LogP contribution in [0.15, 0.2) is 18.2 Å². The molecule has 0 radical (unpaired) electrons. The average Bonchev–Trinajstić information content (AvgIpc) is 2.29. The Kier molecular flexibility index (Phi) is 3.29. The van der Waals surface area contributed by atoms with Crippen LogP contribution in [0.4, 0.5) is 10.1 Å². The average molecular weight is 224 g/mol. The number of halogens is 1. The summed E-state index contributed by atoms with van der Waals surface area (Å²) in [7, 11) is 1.49. The lowest BCUT2D eigenvalue weighted by Crippen LogP contribution is -2.49. The van der Waals surface area contributed by atoms with Gasteiger partial charge in [-0.1, -0.05) is 0 Å². The maximum Gasteiger partial charge on any atom is 0.165 e. The van der Waals surface area contributed by atoms with Crippen LogP contribution in [-0.2, 0) is 0 Å². The summed E-state index contributed by atoms with van der Waals surface area (Å²) >= 11 is 0. The third-order valence-electron chi connectivity index (χ3n) is 2.87. The zero-order valence-corrected chi connectivity index (χ0v) is 9.66. The van der Waals surface area contributed by atoms with Crippen LogP contribution in [0, 0.1) is 5.82 Å². The van der Waals surface area contributed by atoms with E-state index in [0.717, 1.165) is 25.3 Å². The Bertz CT molecular complexity index is 370. The van der Waals surface area contributed by atoms with Crippen molar-refractivity contribution >= 4 is 5.69 Å². The Morgan fingerprint density at radius 1 is 1.50 bits per heavy atom. The van der Waals surface area contributed by atoms with Crippen molar-refractivity contribution in [1.29, 1.82) is 0 Å². The van der Waals surface area contributed by atoms with Crippen LogP contribution in [-0.4, -0.2) is 32.8 Å². The minimum absolute atomic E-state index is 0.309. The molecule has 2 rings (SSSR count). The van der Waals surface area contributed by atoms with Gasteiger partial charge in [-0.25, -0.2) is 4.39 Å². The van der Waals surface area contributed by atoms with E-state index in [1.54, 1.807) is 12.1 Å². The van der Waals surface area contributed by atoms with Gasteiger partial charge in [0.15, 0.2) is 11.6 Å². The molecule has 1 fully saturated rings. The molecular formula is C12H17FN2O. The van der Waals surface area contributed by atoms with E-state index in [2.05, 4.69) is 17.1 Å². The Morgan fingerprint density at radius 2 is 2.31 bits per heavy atom. The van der Waals surface area contributed by atoms with Gasteiger partial charge in [0.2, 0.25) is 0 Å². The van der Waals surface area contributed by atoms with Gasteiger partial charge in [-0.2, -0.15) is 0 Å². The Labute approximate surface area is 95.2 Å². The van der Waals surface area contributed by atoms with Gasteiger partial charge in [0.1, 0.15) is 0 Å². The molecule has 3 nitrogen and oxygen atoms in total. The van der Waals surface area contributed by atoms with Crippen molar-refractivity contribution in [2.45, 2.75) is 13.0 Å². The van der Waals surface area contributed by atoms with Gasteiger partial charge in [-0.3, -0.25) is 0 Å². The monoisotopic (exact) mass is 224 g/mol. The third-order valence-corrected chi connectivity index (χ3v) is 2.87. The number of nitrogens with zero attached hydrogens (tertiary/aromatic N) is 1. The fraction of sp³-hybridized carbons (Fsp3) is 0.500. The number of hydrogen-bond donors (Lipinski definition) is 1. The molecule has 0 saturated carbocycles. The number of piperazine rings is 1. The van der Waals surface area contributed by atoms with Crippen molar-refractivity contribution in [2.24, 2.45) is 0 Å². The first-order valence-corrected chi connectivity index (χ1v) is 5.52. The van der Waals surface area contributed by atoms with Crippen molar-refractivity contribution in [3.05, 3.63) is 24.0 Å². The molecule has 0 bridgehead atoms. The summed E-state index contributed by atoms with van der Waals surface area (Å²) in [4.78, 5) is 2.24. The molecule has 0 aromatic heterocycles. The van der Waals surface area contributed by atoms with Gasteiger partial charge < -0.3 is 15.0 Å². The van der Waals surface area contributed by atoms with Crippen LogP contribution in [0.2, 0.25) is 0 Å². The van der Waals surface area contributed by atoms with Gasteiger partial charge in [-0.05, 0) is 19.1 Å². The predicted molar refractivity (Wildman–Crippen MR) is 62.6 cm³/mol. The van der Waals surface area contributed by atoms with E-state index < -0.39 is 0 Å². The molecule has 4 heteroatoms. The lowest BCUT2D eigenvalue weighted by molar-refractivity contribution is 0.386. The number of methoxy groups -OCH3 is 1. The molecule has 0 amide bonds. The standard InChI is InChI=1S/C12H17FN2O/c1-9-8-15(6-5-14-9)10-3-4-11(13)12(7-10)16-2/h3-4,7,9,14H,5-6,8H2,1-2H3/t9-/m1/s1. The van der Waals surface area contributed by atoms with E-state index in [-0.39, 0.29) is 5.82 Å². The Hall–Kier alpha value is -1.29. The lowest BCUT2D eigenvalue weighted by atomic mass is 10.2. The van der Waals surface area contributed by atoms with E-state index in [9.17, 15) is 4.39 Å². The van der Waals surface area contributed by atoms with Crippen molar-refractivity contribution in [3.63, 3.8) is 0 Å². The van der Waals surface area contributed by atoms with Crippen LogP contribution in [0.1, 0.15) is 6.92 Å². The van der Waals surface area contributed by atoms with Crippen molar-refractivity contribution in [1.82, 2.24) is 5.32 Å². The number of anilines is 1. The molecule has 1 aromatic carbocycles. The second-order valence-corrected chi connectivity index (χ2v) is 4.12. The van der Waals surface area contributed by atoms with Crippen LogP contribution >= 0.6 is 0 Å². The SMILES string of the molecule is COc1cc(N2CCN[C@H](C)C2)ccc1F. The molecule has 1 aromatic rings. The molecule has 1 aliphatic heterocycles. The largest absolute Gasteiger partial charge is 0.494 e. The van der Waals surface area contributed by atoms with Crippen molar-refractivity contribution < 1.29 is 9.13 Å². The zero-order valence-electron chi connectivity index (χ0n) is 9.66. The summed E-state index contributed by atoms with van der Waals surface area (Å²) in [5, 5.41) is 3.37. The number of hydrogen-bond acceptors (Lipinski definition) is 3. The van der Waals surface area contributed by atoms with Gasteiger partial charge in [-0.15, -0.1) is 0 Å². The van der Waals surface area contributed by atoms with Crippen LogP contribution in [0.5, 0.6) is 5.75 Å². The van der Waals surface area contributed by atoms with Crippen LogP contribution in [0.3, 0.4) is 0 Å². The number of benzene rings is 1. The molecule has 16 heavy (non-hydrogen) atoms. The van der Waals surface area contributed by atoms with E-state index in [0.29, 0.717) is 11.8 Å². The van der Waals surface area contributed by atoms with Crippen molar-refractivity contribution in [2.75, 3.05) is 31.6 Å². The van der Waals surface area contributed by atoms with E-state index >= 15 is 0 Å². The first kappa shape index (κ1) is 11.2. The summed E-state index contributed by atoms with van der Waals surface area (Å²) in [6, 6.07) is 5.48. The molecule has 0 unspecified atom stereocenters. The van der Waals surface area contributed by atoms with Crippen LogP contribution < -0.4 is 15.0 Å². The molecule has 0 aliphatic carbocycles. The summed E-state index contributed by atoms with van der Waals surface area (Å²) in [5.41, 5.74) is 1.02. The Morgan fingerprint density at radius 3 is 3.00 bits per heavy atom. The quantitative estimate of drug-likeness (QED) is 0.826. The predicted octanol–water partition coefficient (Wildman–Crippen LogP) is 1.63. The van der Waals surface area contributed by atoms with Gasteiger partial charge in [0.05, 0.1) is 7.11 Å². The first-order chi connectivity index (χ1) is 7.70. The van der Waals surface area contributed by atoms with Gasteiger partial charge in [0.25, 0.3) is 0 Å². The molecule has 0 spiro atoms. The maximum atomic E-state index is 13.3. The first-order valence-electron chi connectivity index (χ1n) is 5.52. The number of rotatable bonds is 2. The van der Waals surface area contributed by atoms with E-state index in [1.807, 2.05) is 0 Å². The number of nitrogens with one attached hydrogen (secondary N) is 1. The minimum Gasteiger partial charge on any atom is -0.494 e. The molecule has 88 valence electrons. The molecule has 1 saturated heterocycles. The van der Waals surface area contributed by atoms with Crippen LogP contribution in [0.25, 0.3) is 0 Å². The highest BCUT2D eigenvalue weighted by Gasteiger charge is 2.17. The lowest BCUT2D eigenvalue weighted by Gasteiger charge is -2.33. The molecule has 1 aliphatic rings. The minimum atomic E-state index is -0.311.